The Bertz CT molecular complexity index is 912. The van der Waals surface area contributed by atoms with Gasteiger partial charge in [0, 0.05) is 18.8 Å². The van der Waals surface area contributed by atoms with Gasteiger partial charge in [0.05, 0.1) is 11.5 Å². The molecule has 0 bridgehead atoms. The fraction of sp³-hybridized carbons (Fsp3) is 0.429. The van der Waals surface area contributed by atoms with Crippen LogP contribution in [0.3, 0.4) is 0 Å². The highest BCUT2D eigenvalue weighted by Crippen LogP contribution is 2.14. The molecule has 1 heterocycles. The monoisotopic (exact) mass is 419 g/mol. The van der Waals surface area contributed by atoms with Crippen molar-refractivity contribution < 1.29 is 17.9 Å². The van der Waals surface area contributed by atoms with Gasteiger partial charge in [-0.2, -0.15) is 4.72 Å². The Kier molecular flexibility index (Phi) is 8.16. The number of pyridine rings is 1. The minimum atomic E-state index is -3.80. The molecule has 0 saturated heterocycles. The Morgan fingerprint density at radius 2 is 1.86 bits per heavy atom. The molecule has 0 aliphatic rings. The number of aryl methyl sites for hydroxylation is 1. The van der Waals surface area contributed by atoms with Crippen LogP contribution in [-0.4, -0.2) is 32.0 Å². The Balaban J connectivity index is 2.09. The number of nitrogens with one attached hydrogen (secondary N) is 2. The number of rotatable bonds is 10. The topological polar surface area (TPSA) is 97.4 Å². The maximum Gasteiger partial charge on any atom is 0.241 e. The number of carbonyl (C=O) groups excluding carboxylic acids is 1. The second kappa shape index (κ2) is 10.4. The van der Waals surface area contributed by atoms with Crippen molar-refractivity contribution in [2.75, 3.05) is 6.61 Å². The van der Waals surface area contributed by atoms with Crippen LogP contribution < -0.4 is 14.8 Å². The Morgan fingerprint density at radius 1 is 1.17 bits per heavy atom. The predicted octanol–water partition coefficient (Wildman–Crippen LogP) is 2.80. The van der Waals surface area contributed by atoms with Crippen molar-refractivity contribution in [2.24, 2.45) is 5.92 Å². The molecular weight excluding hydrogens is 390 g/mol. The predicted molar refractivity (Wildman–Crippen MR) is 112 cm³/mol. The van der Waals surface area contributed by atoms with Gasteiger partial charge in [-0.05, 0) is 49.9 Å². The molecule has 2 N–H and O–H groups in total. The molecule has 1 atom stereocenters. The second-order valence-corrected chi connectivity index (χ2v) is 8.98. The normalized spacial score (nSPS) is 12.6. The molecule has 2 aromatic rings. The van der Waals surface area contributed by atoms with E-state index in [2.05, 4.69) is 15.0 Å². The van der Waals surface area contributed by atoms with E-state index in [1.165, 1.54) is 12.1 Å². The lowest BCUT2D eigenvalue weighted by atomic mass is 10.0. The molecule has 0 spiro atoms. The summed E-state index contributed by atoms with van der Waals surface area (Å²) >= 11 is 0. The molecule has 158 valence electrons. The average Bonchev–Trinajstić information content (AvgIpc) is 2.66. The third-order valence-corrected chi connectivity index (χ3v) is 5.70. The van der Waals surface area contributed by atoms with Gasteiger partial charge in [-0.3, -0.25) is 4.79 Å². The van der Waals surface area contributed by atoms with Gasteiger partial charge < -0.3 is 10.1 Å². The quantitative estimate of drug-likeness (QED) is 0.617. The summed E-state index contributed by atoms with van der Waals surface area (Å²) in [6, 6.07) is 9.18. The summed E-state index contributed by atoms with van der Waals surface area (Å²) in [4.78, 5) is 17.0. The number of hydrogen-bond acceptors (Lipinski definition) is 5. The summed E-state index contributed by atoms with van der Waals surface area (Å²) in [5, 5.41) is 2.81. The van der Waals surface area contributed by atoms with Gasteiger partial charge in [0.25, 0.3) is 0 Å². The minimum Gasteiger partial charge on any atom is -0.478 e. The zero-order chi connectivity index (χ0) is 21.4. The van der Waals surface area contributed by atoms with E-state index in [9.17, 15) is 13.2 Å². The van der Waals surface area contributed by atoms with Crippen molar-refractivity contribution in [2.45, 2.75) is 51.6 Å². The van der Waals surface area contributed by atoms with Crippen LogP contribution >= 0.6 is 0 Å². The van der Waals surface area contributed by atoms with E-state index in [1.54, 1.807) is 30.5 Å². The van der Waals surface area contributed by atoms with E-state index in [-0.39, 0.29) is 23.3 Å². The van der Waals surface area contributed by atoms with Gasteiger partial charge >= 0.3 is 0 Å². The lowest BCUT2D eigenvalue weighted by Crippen LogP contribution is -2.47. The van der Waals surface area contributed by atoms with Gasteiger partial charge in [0.15, 0.2) is 0 Å². The second-order valence-electron chi connectivity index (χ2n) is 7.27. The Morgan fingerprint density at radius 3 is 2.48 bits per heavy atom. The lowest BCUT2D eigenvalue weighted by Gasteiger charge is -2.20. The maximum absolute atomic E-state index is 12.7. The van der Waals surface area contributed by atoms with Crippen molar-refractivity contribution in [3.05, 3.63) is 53.7 Å². The number of carbonyl (C=O) groups is 1. The molecule has 7 nitrogen and oxygen atoms in total. The average molecular weight is 420 g/mol. The highest BCUT2D eigenvalue weighted by molar-refractivity contribution is 7.89. The summed E-state index contributed by atoms with van der Waals surface area (Å²) in [7, 11) is -3.80. The van der Waals surface area contributed by atoms with Crippen molar-refractivity contribution in [3.8, 4) is 5.88 Å². The fourth-order valence-electron chi connectivity index (χ4n) is 2.75. The van der Waals surface area contributed by atoms with E-state index in [1.807, 2.05) is 27.7 Å². The van der Waals surface area contributed by atoms with Crippen LogP contribution in [0.15, 0.2) is 47.5 Å². The standard InChI is InChI=1S/C21H29N3O4S/c1-5-28-20-13-17(10-11-22-20)14-23-21(25)19(12-15(2)3)24-29(26,27)18-8-6-16(4)7-9-18/h6-11,13,15,19,24H,5,12,14H2,1-4H3,(H,23,25). The zero-order valence-electron chi connectivity index (χ0n) is 17.3. The van der Waals surface area contributed by atoms with Crippen LogP contribution in [0.25, 0.3) is 0 Å². The van der Waals surface area contributed by atoms with Crippen LogP contribution in [0.1, 0.15) is 38.3 Å². The SMILES string of the molecule is CCOc1cc(CNC(=O)C(CC(C)C)NS(=O)(=O)c2ccc(C)cc2)ccn1. The first-order chi connectivity index (χ1) is 13.7. The highest BCUT2D eigenvalue weighted by atomic mass is 32.2. The van der Waals surface area contributed by atoms with Crippen LogP contribution in [0.4, 0.5) is 0 Å². The van der Waals surface area contributed by atoms with Gasteiger partial charge in [-0.15, -0.1) is 0 Å². The minimum absolute atomic E-state index is 0.136. The molecular formula is C21H29N3O4S. The van der Waals surface area contributed by atoms with E-state index in [4.69, 9.17) is 4.74 Å². The molecule has 0 aliphatic heterocycles. The summed E-state index contributed by atoms with van der Waals surface area (Å²) in [5.74, 6) is 0.249. The number of ether oxygens (including phenoxy) is 1. The molecule has 1 unspecified atom stereocenters. The first kappa shape index (κ1) is 22.8. The molecule has 1 amide bonds. The molecule has 1 aromatic carbocycles. The molecule has 8 heteroatoms. The summed E-state index contributed by atoms with van der Waals surface area (Å²) in [6.07, 6.45) is 2.00. The van der Waals surface area contributed by atoms with Crippen LogP contribution in [0, 0.1) is 12.8 Å². The lowest BCUT2D eigenvalue weighted by molar-refractivity contribution is -0.123. The van der Waals surface area contributed by atoms with Crippen LogP contribution in [-0.2, 0) is 21.4 Å². The first-order valence-corrected chi connectivity index (χ1v) is 11.1. The van der Waals surface area contributed by atoms with Crippen molar-refractivity contribution >= 4 is 15.9 Å². The summed E-state index contributed by atoms with van der Waals surface area (Å²) in [6.45, 7) is 8.39. The van der Waals surface area contributed by atoms with Crippen molar-refractivity contribution in [1.82, 2.24) is 15.0 Å². The molecule has 0 aliphatic carbocycles. The number of hydrogen-bond donors (Lipinski definition) is 2. The van der Waals surface area contributed by atoms with E-state index in [0.717, 1.165) is 11.1 Å². The van der Waals surface area contributed by atoms with Gasteiger partial charge in [0.1, 0.15) is 6.04 Å². The third kappa shape index (κ3) is 7.14. The molecule has 0 radical (unpaired) electrons. The van der Waals surface area contributed by atoms with Crippen LogP contribution in [0.2, 0.25) is 0 Å². The Labute approximate surface area is 172 Å². The van der Waals surface area contributed by atoms with Crippen molar-refractivity contribution in [1.29, 1.82) is 0 Å². The largest absolute Gasteiger partial charge is 0.478 e. The summed E-state index contributed by atoms with van der Waals surface area (Å²) < 4.78 is 33.3. The fourth-order valence-corrected chi connectivity index (χ4v) is 3.96. The number of amides is 1. The maximum atomic E-state index is 12.7. The van der Waals surface area contributed by atoms with E-state index < -0.39 is 16.1 Å². The van der Waals surface area contributed by atoms with Gasteiger partial charge in [-0.25, -0.2) is 13.4 Å². The number of nitrogens with zero attached hydrogens (tertiary/aromatic N) is 1. The third-order valence-electron chi connectivity index (χ3n) is 4.21. The zero-order valence-corrected chi connectivity index (χ0v) is 18.1. The summed E-state index contributed by atoms with van der Waals surface area (Å²) in [5.41, 5.74) is 1.78. The molecule has 0 fully saturated rings. The van der Waals surface area contributed by atoms with Gasteiger partial charge in [-0.1, -0.05) is 31.5 Å². The number of aromatic nitrogens is 1. The molecule has 2 rings (SSSR count). The van der Waals surface area contributed by atoms with Gasteiger partial charge in [0.2, 0.25) is 21.8 Å². The number of sulfonamides is 1. The molecule has 29 heavy (non-hydrogen) atoms. The van der Waals surface area contributed by atoms with Crippen molar-refractivity contribution in [3.63, 3.8) is 0 Å². The van der Waals surface area contributed by atoms with Crippen LogP contribution in [0.5, 0.6) is 5.88 Å². The highest BCUT2D eigenvalue weighted by Gasteiger charge is 2.26. The Hall–Kier alpha value is -2.45. The molecule has 1 aromatic heterocycles. The smallest absolute Gasteiger partial charge is 0.241 e. The van der Waals surface area contributed by atoms with E-state index in [0.29, 0.717) is 18.9 Å². The van der Waals surface area contributed by atoms with E-state index >= 15 is 0 Å². The molecule has 0 saturated carbocycles. The number of benzene rings is 1. The first-order valence-electron chi connectivity index (χ1n) is 9.65.